The zero-order valence-corrected chi connectivity index (χ0v) is 12.4. The number of ether oxygens (including phenoxy) is 1. The maximum atomic E-state index is 11.6. The molecule has 22 heavy (non-hydrogen) atoms. The summed E-state index contributed by atoms with van der Waals surface area (Å²) in [6.45, 7) is 2.20. The van der Waals surface area contributed by atoms with E-state index in [1.807, 2.05) is 31.2 Å². The van der Waals surface area contributed by atoms with Gasteiger partial charge in [0.1, 0.15) is 24.2 Å². The van der Waals surface area contributed by atoms with Crippen LogP contribution in [0.4, 0.5) is 0 Å². The fourth-order valence-electron chi connectivity index (χ4n) is 1.78. The van der Waals surface area contributed by atoms with Gasteiger partial charge in [0.25, 0.3) is 0 Å². The van der Waals surface area contributed by atoms with Crippen LogP contribution in [0.15, 0.2) is 53.2 Å². The third-order valence-corrected chi connectivity index (χ3v) is 2.89. The molecule has 2 rings (SSSR count). The molecular weight excluding hydrogens is 282 g/mol. The minimum atomic E-state index is -0.776. The Balaban J connectivity index is 1.69. The Morgan fingerprint density at radius 1 is 1.41 bits per heavy atom. The van der Waals surface area contributed by atoms with Crippen molar-refractivity contribution in [2.75, 3.05) is 13.2 Å². The van der Waals surface area contributed by atoms with Gasteiger partial charge in [0, 0.05) is 12.6 Å². The molecule has 1 aromatic heterocycles. The monoisotopic (exact) mass is 301 g/mol. The molecular formula is C17H19NO4. The van der Waals surface area contributed by atoms with Crippen LogP contribution in [0.3, 0.4) is 0 Å². The number of hydrogen-bond acceptors (Lipinski definition) is 4. The third kappa shape index (κ3) is 5.46. The van der Waals surface area contributed by atoms with E-state index in [0.29, 0.717) is 11.5 Å². The Morgan fingerprint density at radius 3 is 3.00 bits per heavy atom. The van der Waals surface area contributed by atoms with Crippen molar-refractivity contribution in [2.24, 2.45) is 0 Å². The smallest absolute Gasteiger partial charge is 0.244 e. The number of aliphatic hydroxyl groups is 1. The molecule has 0 spiro atoms. The van der Waals surface area contributed by atoms with Gasteiger partial charge in [-0.1, -0.05) is 12.1 Å². The highest BCUT2D eigenvalue weighted by molar-refractivity contribution is 5.91. The first-order valence-corrected chi connectivity index (χ1v) is 7.00. The lowest BCUT2D eigenvalue weighted by molar-refractivity contribution is -0.117. The molecule has 2 aromatic rings. The maximum absolute atomic E-state index is 11.6. The molecule has 5 nitrogen and oxygen atoms in total. The lowest BCUT2D eigenvalue weighted by Gasteiger charge is -2.12. The van der Waals surface area contributed by atoms with Crippen molar-refractivity contribution >= 4 is 12.0 Å². The van der Waals surface area contributed by atoms with Gasteiger partial charge in [0.05, 0.1) is 6.26 Å². The minimum absolute atomic E-state index is 0.117. The second-order valence-electron chi connectivity index (χ2n) is 4.88. The predicted molar refractivity (Wildman–Crippen MR) is 83.4 cm³/mol. The van der Waals surface area contributed by atoms with Crippen LogP contribution in [0.2, 0.25) is 0 Å². The van der Waals surface area contributed by atoms with Crippen LogP contribution in [0.5, 0.6) is 5.75 Å². The van der Waals surface area contributed by atoms with Gasteiger partial charge in [-0.2, -0.15) is 0 Å². The molecule has 1 amide bonds. The van der Waals surface area contributed by atoms with Crippen LogP contribution >= 0.6 is 0 Å². The van der Waals surface area contributed by atoms with Crippen molar-refractivity contribution in [1.82, 2.24) is 5.32 Å². The molecule has 0 bridgehead atoms. The first kappa shape index (κ1) is 15.9. The number of carbonyl (C=O) groups excluding carboxylic acids is 1. The van der Waals surface area contributed by atoms with E-state index in [0.717, 1.165) is 5.56 Å². The minimum Gasteiger partial charge on any atom is -0.491 e. The molecule has 2 N–H and O–H groups in total. The number of furan rings is 1. The molecule has 1 heterocycles. The molecule has 0 aliphatic heterocycles. The van der Waals surface area contributed by atoms with Crippen molar-refractivity contribution in [3.05, 3.63) is 60.1 Å². The van der Waals surface area contributed by atoms with Gasteiger partial charge in [-0.3, -0.25) is 4.79 Å². The quantitative estimate of drug-likeness (QED) is 0.769. The van der Waals surface area contributed by atoms with Crippen LogP contribution in [0, 0.1) is 6.92 Å². The van der Waals surface area contributed by atoms with E-state index >= 15 is 0 Å². The molecule has 0 aliphatic rings. The molecule has 5 heteroatoms. The number of rotatable bonds is 7. The summed E-state index contributed by atoms with van der Waals surface area (Å²) >= 11 is 0. The summed E-state index contributed by atoms with van der Waals surface area (Å²) in [6, 6.07) is 11.0. The van der Waals surface area contributed by atoms with Crippen molar-refractivity contribution in [1.29, 1.82) is 0 Å². The summed E-state index contributed by atoms with van der Waals surface area (Å²) in [7, 11) is 0. The van der Waals surface area contributed by atoms with Gasteiger partial charge in [-0.25, -0.2) is 0 Å². The SMILES string of the molecule is Cc1cccc(OCC(O)CNC(=O)/C=C/c2ccco2)c1. The van der Waals surface area contributed by atoms with Crippen molar-refractivity contribution < 1.29 is 19.1 Å². The number of carbonyl (C=O) groups is 1. The highest BCUT2D eigenvalue weighted by Gasteiger charge is 2.07. The summed E-state index contributed by atoms with van der Waals surface area (Å²) in [5, 5.41) is 12.4. The fourth-order valence-corrected chi connectivity index (χ4v) is 1.78. The van der Waals surface area contributed by atoms with Crippen LogP contribution < -0.4 is 10.1 Å². The zero-order chi connectivity index (χ0) is 15.8. The Hall–Kier alpha value is -2.53. The average Bonchev–Trinajstić information content (AvgIpc) is 3.02. The van der Waals surface area contributed by atoms with Gasteiger partial charge < -0.3 is 19.6 Å². The van der Waals surface area contributed by atoms with E-state index in [4.69, 9.17) is 9.15 Å². The number of aryl methyl sites for hydroxylation is 1. The van der Waals surface area contributed by atoms with Crippen LogP contribution in [-0.4, -0.2) is 30.3 Å². The molecule has 0 aliphatic carbocycles. The van der Waals surface area contributed by atoms with Gasteiger partial charge >= 0.3 is 0 Å². The normalized spacial score (nSPS) is 12.3. The van der Waals surface area contributed by atoms with Gasteiger partial charge in [-0.15, -0.1) is 0 Å². The second kappa shape index (κ2) is 8.05. The second-order valence-corrected chi connectivity index (χ2v) is 4.88. The van der Waals surface area contributed by atoms with E-state index in [1.54, 1.807) is 18.2 Å². The van der Waals surface area contributed by atoms with Crippen molar-refractivity contribution in [3.8, 4) is 5.75 Å². The van der Waals surface area contributed by atoms with E-state index in [2.05, 4.69) is 5.32 Å². The van der Waals surface area contributed by atoms with Crippen molar-refractivity contribution in [3.63, 3.8) is 0 Å². The maximum Gasteiger partial charge on any atom is 0.244 e. The molecule has 116 valence electrons. The number of aliphatic hydroxyl groups excluding tert-OH is 1. The highest BCUT2D eigenvalue weighted by atomic mass is 16.5. The first-order valence-electron chi connectivity index (χ1n) is 7.00. The molecule has 1 atom stereocenters. The first-order chi connectivity index (χ1) is 10.6. The van der Waals surface area contributed by atoms with Crippen molar-refractivity contribution in [2.45, 2.75) is 13.0 Å². The summed E-state index contributed by atoms with van der Waals surface area (Å²) in [5.74, 6) is 0.993. The topological polar surface area (TPSA) is 71.7 Å². The lowest BCUT2D eigenvalue weighted by Crippen LogP contribution is -2.34. The molecule has 0 saturated heterocycles. The summed E-state index contributed by atoms with van der Waals surface area (Å²) < 4.78 is 10.5. The summed E-state index contributed by atoms with van der Waals surface area (Å²) in [5.41, 5.74) is 1.09. The molecule has 1 aromatic carbocycles. The Labute approximate surface area is 129 Å². The predicted octanol–water partition coefficient (Wildman–Crippen LogP) is 2.16. The largest absolute Gasteiger partial charge is 0.491 e. The zero-order valence-electron chi connectivity index (χ0n) is 12.4. The molecule has 0 saturated carbocycles. The highest BCUT2D eigenvalue weighted by Crippen LogP contribution is 2.12. The van der Waals surface area contributed by atoms with Crippen LogP contribution in [0.25, 0.3) is 6.08 Å². The summed E-state index contributed by atoms with van der Waals surface area (Å²) in [4.78, 5) is 11.6. The van der Waals surface area contributed by atoms with Gasteiger partial charge in [0.15, 0.2) is 0 Å². The molecule has 1 unspecified atom stereocenters. The third-order valence-electron chi connectivity index (χ3n) is 2.89. The van der Waals surface area contributed by atoms with Crippen LogP contribution in [0.1, 0.15) is 11.3 Å². The van der Waals surface area contributed by atoms with E-state index < -0.39 is 6.10 Å². The average molecular weight is 301 g/mol. The molecule has 0 radical (unpaired) electrons. The fraction of sp³-hybridized carbons (Fsp3) is 0.235. The number of hydrogen-bond donors (Lipinski definition) is 2. The number of nitrogens with one attached hydrogen (secondary N) is 1. The Kier molecular flexibility index (Phi) is 5.80. The summed E-state index contributed by atoms with van der Waals surface area (Å²) in [6.07, 6.45) is 3.67. The van der Waals surface area contributed by atoms with Gasteiger partial charge in [-0.05, 0) is 42.8 Å². The van der Waals surface area contributed by atoms with E-state index in [9.17, 15) is 9.90 Å². The lowest BCUT2D eigenvalue weighted by atomic mass is 10.2. The number of amides is 1. The van der Waals surface area contributed by atoms with E-state index in [-0.39, 0.29) is 19.1 Å². The van der Waals surface area contributed by atoms with E-state index in [1.165, 1.54) is 12.3 Å². The Bertz CT molecular complexity index is 619. The van der Waals surface area contributed by atoms with Gasteiger partial charge in [0.2, 0.25) is 5.91 Å². The number of benzene rings is 1. The standard InChI is InChI=1S/C17H19NO4/c1-13-4-2-5-16(10-13)22-12-14(19)11-18-17(20)8-7-15-6-3-9-21-15/h2-10,14,19H,11-12H2,1H3,(H,18,20)/b8-7+. The molecule has 0 fully saturated rings. The van der Waals surface area contributed by atoms with Crippen LogP contribution in [-0.2, 0) is 4.79 Å². The Morgan fingerprint density at radius 2 is 2.27 bits per heavy atom.